The summed E-state index contributed by atoms with van der Waals surface area (Å²) in [5, 5.41) is 0. The molecule has 0 saturated carbocycles. The van der Waals surface area contributed by atoms with Crippen LogP contribution in [0.3, 0.4) is 0 Å². The van der Waals surface area contributed by atoms with E-state index in [4.69, 9.17) is 0 Å². The highest BCUT2D eigenvalue weighted by atomic mass is 32.3. The van der Waals surface area contributed by atoms with Crippen molar-refractivity contribution in [1.82, 2.24) is 0 Å². The van der Waals surface area contributed by atoms with Crippen LogP contribution in [0.2, 0.25) is 0 Å². The second kappa shape index (κ2) is 3.55. The van der Waals surface area contributed by atoms with Crippen molar-refractivity contribution in [1.29, 1.82) is 0 Å². The number of quaternary nitrogens is 1. The topological polar surface area (TPSA) is 73.8 Å². The van der Waals surface area contributed by atoms with Crippen LogP contribution in [0.1, 0.15) is 11.1 Å². The third kappa shape index (κ3) is 2.13. The molecule has 0 heterocycles. The van der Waals surface area contributed by atoms with Gasteiger partial charge in [0.05, 0.1) is 8.84 Å². The van der Waals surface area contributed by atoms with Gasteiger partial charge in [0.2, 0.25) is 4.90 Å². The van der Waals surface area contributed by atoms with Crippen molar-refractivity contribution in [3.05, 3.63) is 29.3 Å². The monoisotopic (exact) mass is 202 g/mol. The Balaban J connectivity index is 3.29. The standard InChI is InChI=1S/C8H12NO3S/c1-6-3-4-7(2)8(5-6)13(10,11)12-9/h3-5H,1-2,9H3/q+2. The van der Waals surface area contributed by atoms with E-state index in [1.165, 1.54) is 0 Å². The van der Waals surface area contributed by atoms with Gasteiger partial charge in [0.15, 0.2) is 0 Å². The Bertz CT molecular complexity index is 364. The molecule has 0 spiro atoms. The molecule has 0 bridgehead atoms. The summed E-state index contributed by atoms with van der Waals surface area (Å²) in [6.07, 6.45) is 0. The molecule has 1 unspecified atom stereocenters. The van der Waals surface area contributed by atoms with Crippen molar-refractivity contribution in [2.24, 2.45) is 0 Å². The van der Waals surface area contributed by atoms with Crippen LogP contribution < -0.4 is 5.90 Å². The van der Waals surface area contributed by atoms with Crippen molar-refractivity contribution in [3.8, 4) is 0 Å². The third-order valence-electron chi connectivity index (χ3n) is 1.77. The fourth-order valence-corrected chi connectivity index (χ4v) is 1.96. The number of hydrogen-bond acceptors (Lipinski definition) is 2. The summed E-state index contributed by atoms with van der Waals surface area (Å²) in [5.74, 6) is 2.92. The minimum atomic E-state index is -3.66. The molecule has 5 heteroatoms. The molecule has 0 amide bonds. The lowest BCUT2D eigenvalue weighted by Crippen LogP contribution is -2.52. The molecule has 0 aromatic heterocycles. The van der Waals surface area contributed by atoms with Gasteiger partial charge in [-0.25, -0.2) is 0 Å². The lowest BCUT2D eigenvalue weighted by atomic mass is 10.2. The van der Waals surface area contributed by atoms with Gasteiger partial charge in [-0.3, -0.25) is 0 Å². The first-order chi connectivity index (χ1) is 5.97. The lowest BCUT2D eigenvalue weighted by Gasteiger charge is -1.99. The number of aryl methyl sites for hydroxylation is 2. The van der Waals surface area contributed by atoms with E-state index in [1.54, 1.807) is 19.1 Å². The number of hydrogen-bond donors (Lipinski definition) is 1. The minimum absolute atomic E-state index is 0.183. The Morgan fingerprint density at radius 1 is 1.38 bits per heavy atom. The van der Waals surface area contributed by atoms with Gasteiger partial charge in [0.1, 0.15) is 0 Å². The van der Waals surface area contributed by atoms with Gasteiger partial charge >= 0.3 is 10.5 Å². The maximum absolute atomic E-state index is 11.3. The van der Waals surface area contributed by atoms with E-state index in [0.717, 1.165) is 5.56 Å². The summed E-state index contributed by atoms with van der Waals surface area (Å²) in [5.41, 5.74) is 1.54. The summed E-state index contributed by atoms with van der Waals surface area (Å²) in [6.45, 7) is 3.53. The van der Waals surface area contributed by atoms with Crippen LogP contribution in [0.25, 0.3) is 0 Å². The smallest absolute Gasteiger partial charge is 0.158 e. The zero-order valence-electron chi connectivity index (χ0n) is 7.57. The molecular formula is C8H12NO3S+2. The second-order valence-corrected chi connectivity index (χ2v) is 4.42. The van der Waals surface area contributed by atoms with Crippen molar-refractivity contribution < 1.29 is 18.9 Å². The van der Waals surface area contributed by atoms with Crippen LogP contribution in [0.4, 0.5) is 0 Å². The van der Waals surface area contributed by atoms with Gasteiger partial charge in [-0.15, -0.1) is 0 Å². The van der Waals surface area contributed by atoms with Gasteiger partial charge in [-0.1, -0.05) is 12.1 Å². The van der Waals surface area contributed by atoms with Crippen molar-refractivity contribution >= 4 is 10.5 Å². The number of benzene rings is 1. The minimum Gasteiger partial charge on any atom is -0.158 e. The van der Waals surface area contributed by atoms with E-state index < -0.39 is 10.5 Å². The first-order valence-electron chi connectivity index (χ1n) is 3.73. The zero-order chi connectivity index (χ0) is 10.1. The summed E-state index contributed by atoms with van der Waals surface area (Å²) in [6, 6.07) is 5.15. The molecule has 0 aliphatic carbocycles. The van der Waals surface area contributed by atoms with Crippen molar-refractivity contribution in [2.75, 3.05) is 0 Å². The van der Waals surface area contributed by atoms with E-state index >= 15 is 0 Å². The highest BCUT2D eigenvalue weighted by Gasteiger charge is 2.38. The highest BCUT2D eigenvalue weighted by Crippen LogP contribution is 2.21. The Morgan fingerprint density at radius 3 is 2.54 bits per heavy atom. The van der Waals surface area contributed by atoms with Gasteiger partial charge in [0, 0.05) is 11.6 Å². The highest BCUT2D eigenvalue weighted by molar-refractivity contribution is 7.92. The Hall–Kier alpha value is -0.750. The quantitative estimate of drug-likeness (QED) is 0.563. The van der Waals surface area contributed by atoms with Gasteiger partial charge in [0.25, 0.3) is 0 Å². The second-order valence-electron chi connectivity index (χ2n) is 2.84. The maximum Gasteiger partial charge on any atom is 0.482 e. The molecule has 3 N–H and O–H groups in total. The molecule has 1 aromatic rings. The summed E-state index contributed by atoms with van der Waals surface area (Å²) >= 11 is 0. The zero-order valence-corrected chi connectivity index (χ0v) is 8.39. The number of rotatable bonds is 2. The fourth-order valence-electron chi connectivity index (χ4n) is 1.04. The molecule has 0 fully saturated rings. The molecular weight excluding hydrogens is 190 g/mol. The van der Waals surface area contributed by atoms with Crippen molar-refractivity contribution in [2.45, 2.75) is 18.7 Å². The van der Waals surface area contributed by atoms with E-state index in [0.29, 0.717) is 5.56 Å². The largest absolute Gasteiger partial charge is 0.482 e. The van der Waals surface area contributed by atoms with E-state index in [9.17, 15) is 8.76 Å². The molecule has 13 heavy (non-hydrogen) atoms. The molecule has 0 aliphatic heterocycles. The molecule has 1 atom stereocenters. The summed E-state index contributed by atoms with van der Waals surface area (Å²) in [7, 11) is -3.66. The predicted molar refractivity (Wildman–Crippen MR) is 46.9 cm³/mol. The Kier molecular flexibility index (Phi) is 2.82. The average molecular weight is 202 g/mol. The first-order valence-corrected chi connectivity index (χ1v) is 5.14. The SMILES string of the molecule is Cc1ccc(C)c([S+]([O])(=O)O[NH3+])c1. The van der Waals surface area contributed by atoms with Crippen molar-refractivity contribution in [3.63, 3.8) is 0 Å². The molecule has 1 rings (SSSR count). The predicted octanol–water partition coefficient (Wildman–Crippen LogP) is 0.596. The Morgan fingerprint density at radius 2 is 2.00 bits per heavy atom. The fraction of sp³-hybridized carbons (Fsp3) is 0.250. The normalized spacial score (nSPS) is 15.4. The maximum atomic E-state index is 11.3. The van der Waals surface area contributed by atoms with Gasteiger partial charge in [-0.05, 0) is 23.6 Å². The molecule has 71 valence electrons. The van der Waals surface area contributed by atoms with Gasteiger partial charge < -0.3 is 0 Å². The van der Waals surface area contributed by atoms with Crippen LogP contribution in [-0.2, 0) is 23.5 Å². The van der Waals surface area contributed by atoms with Crippen LogP contribution in [0.5, 0.6) is 0 Å². The Labute approximate surface area is 78.1 Å². The molecule has 1 aromatic carbocycles. The van der Waals surface area contributed by atoms with Crippen LogP contribution in [0.15, 0.2) is 23.1 Å². The van der Waals surface area contributed by atoms with E-state index in [-0.39, 0.29) is 4.90 Å². The van der Waals surface area contributed by atoms with E-state index in [2.05, 4.69) is 10.2 Å². The molecule has 1 radical (unpaired) electrons. The summed E-state index contributed by atoms with van der Waals surface area (Å²) < 4.78 is 26.8. The molecule has 0 saturated heterocycles. The lowest BCUT2D eigenvalue weighted by molar-refractivity contribution is -0.637. The van der Waals surface area contributed by atoms with E-state index in [1.807, 2.05) is 13.0 Å². The third-order valence-corrected chi connectivity index (χ3v) is 3.06. The first kappa shape index (κ1) is 10.3. The van der Waals surface area contributed by atoms with Crippen LogP contribution in [-0.4, -0.2) is 0 Å². The molecule has 0 aliphatic rings. The average Bonchev–Trinajstić information content (AvgIpc) is 2.09. The van der Waals surface area contributed by atoms with Gasteiger partial charge in [-0.2, -0.15) is 5.90 Å². The summed E-state index contributed by atoms with van der Waals surface area (Å²) in [4.78, 5) is 0.183. The van der Waals surface area contributed by atoms with Crippen LogP contribution in [0, 0.1) is 13.8 Å². The molecule has 4 nitrogen and oxygen atoms in total. The van der Waals surface area contributed by atoms with Crippen LogP contribution >= 0.6 is 0 Å².